The van der Waals surface area contributed by atoms with Crippen molar-refractivity contribution in [2.24, 2.45) is 5.14 Å². The molecule has 0 aliphatic carbocycles. The molecule has 102 valence electrons. The highest BCUT2D eigenvalue weighted by Crippen LogP contribution is 2.19. The largest absolute Gasteiger partial charge is 0.361 e. The fourth-order valence-corrected chi connectivity index (χ4v) is 3.18. The van der Waals surface area contributed by atoms with Crippen LogP contribution >= 0.6 is 27.3 Å². The number of thiazole rings is 1. The van der Waals surface area contributed by atoms with Gasteiger partial charge in [-0.2, -0.15) is 0 Å². The number of nitrogens with one attached hydrogen (secondary N) is 1. The van der Waals surface area contributed by atoms with E-state index < -0.39 is 10.0 Å². The molecule has 0 saturated heterocycles. The first kappa shape index (κ1) is 14.4. The first-order valence-corrected chi connectivity index (χ1v) is 8.64. The van der Waals surface area contributed by atoms with E-state index in [1.807, 2.05) is 5.38 Å². The molecule has 19 heavy (non-hydrogen) atoms. The molecule has 0 atom stereocenters. The Bertz CT molecular complexity index is 653. The fraction of sp³-hybridized carbons (Fsp3) is 0.182. The molecule has 0 aliphatic heterocycles. The number of hydrogen-bond acceptors (Lipinski definition) is 5. The number of nitrogens with two attached hydrogens (primary N) is 1. The molecule has 5 nitrogen and oxygen atoms in total. The SMILES string of the molecule is NS(=O)(=O)c1ccc(CCNc2nc(Br)cs2)cc1. The molecule has 0 fully saturated rings. The van der Waals surface area contributed by atoms with Crippen LogP contribution in [0.3, 0.4) is 0 Å². The van der Waals surface area contributed by atoms with Crippen LogP contribution < -0.4 is 10.5 Å². The highest BCUT2D eigenvalue weighted by atomic mass is 79.9. The van der Waals surface area contributed by atoms with Crippen molar-refractivity contribution in [3.8, 4) is 0 Å². The lowest BCUT2D eigenvalue weighted by molar-refractivity contribution is 0.598. The van der Waals surface area contributed by atoms with Crippen LogP contribution in [0, 0.1) is 0 Å². The van der Waals surface area contributed by atoms with Crippen molar-refractivity contribution in [3.05, 3.63) is 39.8 Å². The monoisotopic (exact) mass is 361 g/mol. The second-order valence-electron chi connectivity index (χ2n) is 3.84. The summed E-state index contributed by atoms with van der Waals surface area (Å²) >= 11 is 4.81. The zero-order valence-corrected chi connectivity index (χ0v) is 13.1. The molecule has 8 heteroatoms. The van der Waals surface area contributed by atoms with Gasteiger partial charge in [0, 0.05) is 11.9 Å². The third-order valence-electron chi connectivity index (χ3n) is 2.42. The van der Waals surface area contributed by atoms with E-state index in [4.69, 9.17) is 5.14 Å². The minimum atomic E-state index is -3.61. The van der Waals surface area contributed by atoms with Crippen LogP contribution in [0.5, 0.6) is 0 Å². The van der Waals surface area contributed by atoms with Gasteiger partial charge in [0.1, 0.15) is 4.60 Å². The molecule has 0 unspecified atom stereocenters. The van der Waals surface area contributed by atoms with E-state index in [0.29, 0.717) is 0 Å². The minimum absolute atomic E-state index is 0.132. The second kappa shape index (κ2) is 6.00. The average Bonchev–Trinajstić information content (AvgIpc) is 2.75. The van der Waals surface area contributed by atoms with Gasteiger partial charge in [-0.3, -0.25) is 0 Å². The highest BCUT2D eigenvalue weighted by molar-refractivity contribution is 9.10. The number of rotatable bonds is 5. The fourth-order valence-electron chi connectivity index (χ4n) is 1.49. The molecule has 1 aromatic heterocycles. The molecule has 0 saturated carbocycles. The van der Waals surface area contributed by atoms with E-state index in [1.165, 1.54) is 23.5 Å². The number of aromatic nitrogens is 1. The van der Waals surface area contributed by atoms with Gasteiger partial charge in [-0.15, -0.1) is 11.3 Å². The predicted octanol–water partition coefficient (Wildman–Crippen LogP) is 2.21. The average molecular weight is 362 g/mol. The summed E-state index contributed by atoms with van der Waals surface area (Å²) in [6.45, 7) is 0.731. The van der Waals surface area contributed by atoms with Crippen LogP contribution in [0.4, 0.5) is 5.13 Å². The zero-order chi connectivity index (χ0) is 13.9. The van der Waals surface area contributed by atoms with Gasteiger partial charge in [-0.05, 0) is 40.0 Å². The van der Waals surface area contributed by atoms with E-state index in [0.717, 1.165) is 28.3 Å². The maximum Gasteiger partial charge on any atom is 0.238 e. The molecule has 0 radical (unpaired) electrons. The van der Waals surface area contributed by atoms with E-state index >= 15 is 0 Å². The van der Waals surface area contributed by atoms with E-state index in [9.17, 15) is 8.42 Å². The molecule has 3 N–H and O–H groups in total. The maximum atomic E-state index is 11.1. The topological polar surface area (TPSA) is 85.1 Å². The van der Waals surface area contributed by atoms with Crippen molar-refractivity contribution in [1.29, 1.82) is 0 Å². The van der Waals surface area contributed by atoms with Gasteiger partial charge >= 0.3 is 0 Å². The number of sulfonamides is 1. The molecule has 1 heterocycles. The Morgan fingerprint density at radius 1 is 1.32 bits per heavy atom. The highest BCUT2D eigenvalue weighted by Gasteiger charge is 2.06. The number of hydrogen-bond donors (Lipinski definition) is 2. The molecular weight excluding hydrogens is 350 g/mol. The predicted molar refractivity (Wildman–Crippen MR) is 79.8 cm³/mol. The van der Waals surface area contributed by atoms with Crippen molar-refractivity contribution in [2.75, 3.05) is 11.9 Å². The Morgan fingerprint density at radius 3 is 2.53 bits per heavy atom. The molecule has 0 amide bonds. The van der Waals surface area contributed by atoms with Gasteiger partial charge in [-0.25, -0.2) is 18.5 Å². The van der Waals surface area contributed by atoms with Gasteiger partial charge in [0.25, 0.3) is 0 Å². The molecule has 2 rings (SSSR count). The van der Waals surface area contributed by atoms with Crippen molar-refractivity contribution in [2.45, 2.75) is 11.3 Å². The van der Waals surface area contributed by atoms with Crippen LogP contribution in [0.1, 0.15) is 5.56 Å². The molecular formula is C11H12BrN3O2S2. The number of benzene rings is 1. The summed E-state index contributed by atoms with van der Waals surface area (Å²) in [6.07, 6.45) is 0.780. The van der Waals surface area contributed by atoms with Gasteiger partial charge in [0.05, 0.1) is 4.90 Å². The second-order valence-corrected chi connectivity index (χ2v) is 7.07. The third kappa shape index (κ3) is 4.27. The van der Waals surface area contributed by atoms with Crippen molar-refractivity contribution >= 4 is 42.4 Å². The van der Waals surface area contributed by atoms with Gasteiger partial charge < -0.3 is 5.32 Å². The normalized spacial score (nSPS) is 11.5. The van der Waals surface area contributed by atoms with Crippen molar-refractivity contribution in [1.82, 2.24) is 4.98 Å². The summed E-state index contributed by atoms with van der Waals surface area (Å²) in [4.78, 5) is 4.35. The van der Waals surface area contributed by atoms with Crippen molar-refractivity contribution < 1.29 is 8.42 Å². The Morgan fingerprint density at radius 2 is 2.00 bits per heavy atom. The molecule has 2 aromatic rings. The Balaban J connectivity index is 1.90. The Labute approximate surface area is 124 Å². The Hall–Kier alpha value is -0.960. The van der Waals surface area contributed by atoms with Gasteiger partial charge in [0.2, 0.25) is 10.0 Å². The van der Waals surface area contributed by atoms with Crippen molar-refractivity contribution in [3.63, 3.8) is 0 Å². The first-order valence-electron chi connectivity index (χ1n) is 5.42. The minimum Gasteiger partial charge on any atom is -0.361 e. The molecule has 0 spiro atoms. The quantitative estimate of drug-likeness (QED) is 0.854. The van der Waals surface area contributed by atoms with Gasteiger partial charge in [-0.1, -0.05) is 12.1 Å². The summed E-state index contributed by atoms with van der Waals surface area (Å²) in [6, 6.07) is 6.56. The summed E-state index contributed by atoms with van der Waals surface area (Å²) in [5.41, 5.74) is 1.04. The standard InChI is InChI=1S/C11H12BrN3O2S2/c12-10-7-18-11(15-10)14-6-5-8-1-3-9(4-2-8)19(13,16)17/h1-4,7H,5-6H2,(H,14,15)(H2,13,16,17). The van der Waals surface area contributed by atoms with E-state index in [2.05, 4.69) is 26.2 Å². The Kier molecular flexibility index (Phi) is 4.56. The lowest BCUT2D eigenvalue weighted by Gasteiger charge is -2.04. The first-order chi connectivity index (χ1) is 8.95. The summed E-state index contributed by atoms with van der Waals surface area (Å²) in [5, 5.41) is 11.0. The van der Waals surface area contributed by atoms with Gasteiger partial charge in [0.15, 0.2) is 5.13 Å². The smallest absolute Gasteiger partial charge is 0.238 e. The lowest BCUT2D eigenvalue weighted by Crippen LogP contribution is -2.12. The van der Waals surface area contributed by atoms with Crippen LogP contribution in [-0.4, -0.2) is 19.9 Å². The zero-order valence-electron chi connectivity index (χ0n) is 9.84. The number of nitrogens with zero attached hydrogens (tertiary/aromatic N) is 1. The summed E-state index contributed by atoms with van der Waals surface area (Å²) in [5.74, 6) is 0. The molecule has 0 bridgehead atoms. The van der Waals surface area contributed by atoms with E-state index in [-0.39, 0.29) is 4.90 Å². The summed E-state index contributed by atoms with van der Waals surface area (Å²) < 4.78 is 23.0. The number of halogens is 1. The molecule has 0 aliphatic rings. The summed E-state index contributed by atoms with van der Waals surface area (Å²) in [7, 11) is -3.61. The number of anilines is 1. The maximum absolute atomic E-state index is 11.1. The van der Waals surface area contributed by atoms with Crippen LogP contribution in [0.15, 0.2) is 39.1 Å². The lowest BCUT2D eigenvalue weighted by atomic mass is 10.1. The van der Waals surface area contributed by atoms with Crippen LogP contribution in [0.2, 0.25) is 0 Å². The number of primary sulfonamides is 1. The van der Waals surface area contributed by atoms with E-state index in [1.54, 1.807) is 12.1 Å². The third-order valence-corrected chi connectivity index (χ3v) is 4.86. The van der Waals surface area contributed by atoms with Crippen LogP contribution in [-0.2, 0) is 16.4 Å². The molecule has 1 aromatic carbocycles. The van der Waals surface area contributed by atoms with Crippen LogP contribution in [0.25, 0.3) is 0 Å².